The Balaban J connectivity index is 2.44. The fourth-order valence-electron chi connectivity index (χ4n) is 2.30. The minimum atomic E-state index is -0.0440. The number of aliphatic hydroxyl groups excluding tert-OH is 1. The van der Waals surface area contributed by atoms with E-state index in [0.717, 1.165) is 19.3 Å². The number of hydrogen-bond donors (Lipinski definition) is 1. The Labute approximate surface area is 94.6 Å². The zero-order chi connectivity index (χ0) is 11.1. The van der Waals surface area contributed by atoms with Crippen molar-refractivity contribution in [3.63, 3.8) is 0 Å². The Hall–Kier alpha value is -0.300. The minimum Gasteiger partial charge on any atom is -0.393 e. The second-order valence-electron chi connectivity index (χ2n) is 5.06. The van der Waals surface area contributed by atoms with Gasteiger partial charge in [0, 0.05) is 0 Å². The van der Waals surface area contributed by atoms with Crippen LogP contribution in [0, 0.1) is 0 Å². The van der Waals surface area contributed by atoms with Crippen LogP contribution in [0.25, 0.3) is 0 Å². The third-order valence-corrected chi connectivity index (χ3v) is 3.66. The van der Waals surface area contributed by atoms with Gasteiger partial charge in [-0.25, -0.2) is 0 Å². The molecule has 0 unspecified atom stereocenters. The molecule has 1 nitrogen and oxygen atoms in total. The van der Waals surface area contributed by atoms with Gasteiger partial charge in [-0.15, -0.1) is 0 Å². The van der Waals surface area contributed by atoms with Gasteiger partial charge in [-0.2, -0.15) is 0 Å². The first-order valence-electron chi connectivity index (χ1n) is 6.53. The second kappa shape index (κ2) is 7.05. The summed E-state index contributed by atoms with van der Waals surface area (Å²) in [5.41, 5.74) is 3.15. The monoisotopic (exact) mass is 210 g/mol. The lowest BCUT2D eigenvalue weighted by Crippen LogP contribution is -2.06. The minimum absolute atomic E-state index is 0.0440. The molecule has 0 spiro atoms. The molecule has 1 atom stereocenters. The molecule has 1 N–H and O–H groups in total. The van der Waals surface area contributed by atoms with Gasteiger partial charge in [-0.3, -0.25) is 0 Å². The van der Waals surface area contributed by atoms with E-state index in [1.165, 1.54) is 38.5 Å². The molecule has 0 amide bonds. The molecule has 0 radical (unpaired) electrons. The average Bonchev–Trinajstić information content (AvgIpc) is 2.21. The third-order valence-electron chi connectivity index (χ3n) is 3.66. The van der Waals surface area contributed by atoms with Crippen LogP contribution in [0.2, 0.25) is 0 Å². The highest BCUT2D eigenvalue weighted by Crippen LogP contribution is 2.21. The van der Waals surface area contributed by atoms with E-state index in [0.29, 0.717) is 0 Å². The molecule has 1 aliphatic carbocycles. The van der Waals surface area contributed by atoms with Gasteiger partial charge >= 0.3 is 0 Å². The zero-order valence-corrected chi connectivity index (χ0v) is 10.4. The summed E-state index contributed by atoms with van der Waals surface area (Å²) in [6.45, 7) is 4.53. The predicted molar refractivity (Wildman–Crippen MR) is 65.9 cm³/mol. The second-order valence-corrected chi connectivity index (χ2v) is 5.06. The number of aliphatic hydroxyl groups is 1. The molecule has 0 aliphatic heterocycles. The fraction of sp³-hybridized carbons (Fsp3) is 0.857. The van der Waals surface area contributed by atoms with Crippen molar-refractivity contribution in [1.29, 1.82) is 0 Å². The molecule has 1 rings (SSSR count). The summed E-state index contributed by atoms with van der Waals surface area (Å²) in [7, 11) is 0. The van der Waals surface area contributed by atoms with Crippen LogP contribution in [0.3, 0.4) is 0 Å². The maximum absolute atomic E-state index is 9.73. The molecule has 15 heavy (non-hydrogen) atoms. The molecule has 0 aromatic heterocycles. The summed E-state index contributed by atoms with van der Waals surface area (Å²) >= 11 is 0. The van der Waals surface area contributed by atoms with Crippen molar-refractivity contribution >= 4 is 0 Å². The van der Waals surface area contributed by atoms with E-state index < -0.39 is 0 Å². The van der Waals surface area contributed by atoms with Crippen LogP contribution < -0.4 is 0 Å². The Morgan fingerprint density at radius 2 is 1.33 bits per heavy atom. The highest BCUT2D eigenvalue weighted by molar-refractivity contribution is 5.09. The van der Waals surface area contributed by atoms with E-state index in [-0.39, 0.29) is 6.10 Å². The van der Waals surface area contributed by atoms with Crippen molar-refractivity contribution in [3.8, 4) is 0 Å². The largest absolute Gasteiger partial charge is 0.393 e. The highest BCUT2D eigenvalue weighted by Gasteiger charge is 2.06. The molecule has 0 saturated heterocycles. The van der Waals surface area contributed by atoms with Crippen LogP contribution in [0.5, 0.6) is 0 Å². The van der Waals surface area contributed by atoms with Gasteiger partial charge in [-0.1, -0.05) is 30.4 Å². The lowest BCUT2D eigenvalue weighted by molar-refractivity contribution is 0.148. The fourth-order valence-corrected chi connectivity index (χ4v) is 2.30. The summed E-state index contributed by atoms with van der Waals surface area (Å²) in [5.74, 6) is 0. The number of allylic oxidation sites excluding steroid dienone is 2. The molecular formula is C14H26O. The van der Waals surface area contributed by atoms with Crippen LogP contribution in [0.1, 0.15) is 71.6 Å². The van der Waals surface area contributed by atoms with Gasteiger partial charge in [0.15, 0.2) is 0 Å². The zero-order valence-electron chi connectivity index (χ0n) is 10.4. The Bertz CT molecular complexity index is 205. The Morgan fingerprint density at radius 1 is 0.800 bits per heavy atom. The summed E-state index contributed by atoms with van der Waals surface area (Å²) in [5, 5.41) is 9.73. The predicted octanol–water partition coefficient (Wildman–Crippen LogP) is 4.21. The van der Waals surface area contributed by atoms with Crippen molar-refractivity contribution in [2.45, 2.75) is 77.7 Å². The van der Waals surface area contributed by atoms with Crippen molar-refractivity contribution in [3.05, 3.63) is 11.1 Å². The summed E-state index contributed by atoms with van der Waals surface area (Å²) < 4.78 is 0. The van der Waals surface area contributed by atoms with E-state index in [4.69, 9.17) is 0 Å². The quantitative estimate of drug-likeness (QED) is 0.594. The Kier molecular flexibility index (Phi) is 6.00. The number of rotatable bonds is 0. The van der Waals surface area contributed by atoms with E-state index in [1.807, 2.05) is 0 Å². The van der Waals surface area contributed by atoms with Crippen LogP contribution in [0.15, 0.2) is 11.1 Å². The van der Waals surface area contributed by atoms with Gasteiger partial charge in [-0.05, 0) is 52.4 Å². The summed E-state index contributed by atoms with van der Waals surface area (Å²) in [6, 6.07) is 0. The van der Waals surface area contributed by atoms with Gasteiger partial charge in [0.05, 0.1) is 6.10 Å². The average molecular weight is 210 g/mol. The van der Waals surface area contributed by atoms with E-state index in [2.05, 4.69) is 13.8 Å². The topological polar surface area (TPSA) is 20.2 Å². The van der Waals surface area contributed by atoms with Crippen molar-refractivity contribution in [2.24, 2.45) is 0 Å². The van der Waals surface area contributed by atoms with Gasteiger partial charge in [0.1, 0.15) is 0 Å². The SMILES string of the molecule is C/C1=C(\C)CCC[C@@H](O)CCCCCC1. The van der Waals surface area contributed by atoms with Crippen LogP contribution in [-0.2, 0) is 0 Å². The molecule has 0 aromatic rings. The first-order valence-corrected chi connectivity index (χ1v) is 6.53. The number of hydrogen-bond acceptors (Lipinski definition) is 1. The molecule has 0 heterocycles. The van der Waals surface area contributed by atoms with Gasteiger partial charge in [0.25, 0.3) is 0 Å². The maximum Gasteiger partial charge on any atom is 0.0540 e. The molecular weight excluding hydrogens is 184 g/mol. The smallest absolute Gasteiger partial charge is 0.0540 e. The van der Waals surface area contributed by atoms with Crippen LogP contribution >= 0.6 is 0 Å². The van der Waals surface area contributed by atoms with E-state index >= 15 is 0 Å². The van der Waals surface area contributed by atoms with Gasteiger partial charge < -0.3 is 5.11 Å². The first-order chi connectivity index (χ1) is 7.20. The van der Waals surface area contributed by atoms with Crippen molar-refractivity contribution in [1.82, 2.24) is 0 Å². The lowest BCUT2D eigenvalue weighted by atomic mass is 9.96. The molecule has 0 fully saturated rings. The molecule has 88 valence electrons. The summed E-state index contributed by atoms with van der Waals surface area (Å²) in [4.78, 5) is 0. The van der Waals surface area contributed by atoms with E-state index in [1.54, 1.807) is 11.1 Å². The summed E-state index contributed by atoms with van der Waals surface area (Å²) in [6.07, 6.45) is 10.8. The molecule has 0 bridgehead atoms. The molecule has 1 aliphatic rings. The van der Waals surface area contributed by atoms with Crippen LogP contribution in [-0.4, -0.2) is 11.2 Å². The Morgan fingerprint density at radius 3 is 2.07 bits per heavy atom. The van der Waals surface area contributed by atoms with Crippen molar-refractivity contribution < 1.29 is 5.11 Å². The van der Waals surface area contributed by atoms with Crippen molar-refractivity contribution in [2.75, 3.05) is 0 Å². The molecule has 0 saturated carbocycles. The maximum atomic E-state index is 9.73. The van der Waals surface area contributed by atoms with Crippen LogP contribution in [0.4, 0.5) is 0 Å². The lowest BCUT2D eigenvalue weighted by Gasteiger charge is -2.13. The molecule has 0 aromatic carbocycles. The normalized spacial score (nSPS) is 31.8. The van der Waals surface area contributed by atoms with Gasteiger partial charge in [0.2, 0.25) is 0 Å². The molecule has 1 heteroatoms. The first kappa shape index (κ1) is 12.8. The standard InChI is InChI=1S/C14H26O/c1-12-8-5-3-4-6-10-14(15)11-7-9-13(12)2/h14-15H,3-11H2,1-2H3/b13-12-/t14-/m0/s1. The third kappa shape index (κ3) is 5.36. The highest BCUT2D eigenvalue weighted by atomic mass is 16.3. The van der Waals surface area contributed by atoms with E-state index in [9.17, 15) is 5.11 Å².